The predicted molar refractivity (Wildman–Crippen MR) is 91.4 cm³/mol. The third-order valence-electron chi connectivity index (χ3n) is 4.22. The number of hydrogen-bond acceptors (Lipinski definition) is 8. The number of carboxylic acid groups (broad SMARTS) is 1. The Hall–Kier alpha value is -2.85. The summed E-state index contributed by atoms with van der Waals surface area (Å²) < 4.78 is 15.9. The van der Waals surface area contributed by atoms with E-state index >= 15 is 0 Å². The lowest BCUT2D eigenvalue weighted by molar-refractivity contribution is -0.729. The third kappa shape index (κ3) is 4.29. The number of carbonyl (C=O) groups is 2. The highest BCUT2D eigenvalue weighted by atomic mass is 16.5. The van der Waals surface area contributed by atoms with Gasteiger partial charge in [-0.15, -0.1) is 0 Å². The number of rotatable bonds is 8. The van der Waals surface area contributed by atoms with Crippen molar-refractivity contribution >= 4 is 17.6 Å². The molecule has 10 nitrogen and oxygen atoms in total. The van der Waals surface area contributed by atoms with Gasteiger partial charge in [-0.05, 0) is 12.1 Å². The fourth-order valence-corrected chi connectivity index (χ4v) is 2.89. The molecule has 10 heteroatoms. The van der Waals surface area contributed by atoms with E-state index in [2.05, 4.69) is 5.10 Å². The number of aliphatic hydroxyl groups is 1. The van der Waals surface area contributed by atoms with Crippen LogP contribution < -0.4 is 24.6 Å². The van der Waals surface area contributed by atoms with E-state index in [4.69, 9.17) is 14.2 Å². The van der Waals surface area contributed by atoms with Gasteiger partial charge in [-0.3, -0.25) is 4.79 Å². The first-order valence-electron chi connectivity index (χ1n) is 8.20. The molecule has 1 heterocycles. The molecule has 0 saturated carbocycles. The highest BCUT2D eigenvalue weighted by Gasteiger charge is 2.35. The van der Waals surface area contributed by atoms with Gasteiger partial charge in [-0.2, -0.15) is 10.1 Å². The van der Waals surface area contributed by atoms with Gasteiger partial charge in [-0.1, -0.05) is 0 Å². The van der Waals surface area contributed by atoms with Crippen LogP contribution in [0.1, 0.15) is 18.9 Å². The lowest BCUT2D eigenvalue weighted by atomic mass is 10.0. The average molecular weight is 381 g/mol. The van der Waals surface area contributed by atoms with Crippen LogP contribution in [-0.4, -0.2) is 67.8 Å². The summed E-state index contributed by atoms with van der Waals surface area (Å²) in [4.78, 5) is 23.0. The molecule has 148 valence electrons. The molecule has 0 bridgehead atoms. The number of carbonyl (C=O) groups excluding carboxylic acids is 2. The molecule has 0 spiro atoms. The van der Waals surface area contributed by atoms with Crippen LogP contribution in [0, 0.1) is 0 Å². The Morgan fingerprint density at radius 3 is 2.30 bits per heavy atom. The Labute approximate surface area is 156 Å². The van der Waals surface area contributed by atoms with Crippen LogP contribution in [0.25, 0.3) is 0 Å². The molecule has 0 radical (unpaired) electrons. The highest BCUT2D eigenvalue weighted by Crippen LogP contribution is 2.39. The maximum absolute atomic E-state index is 11.9. The number of benzene rings is 1. The largest absolute Gasteiger partial charge is 0.544 e. The average Bonchev–Trinajstić information content (AvgIpc) is 3.08. The second-order valence-electron chi connectivity index (χ2n) is 5.90. The van der Waals surface area contributed by atoms with Crippen molar-refractivity contribution in [2.24, 2.45) is 5.10 Å². The van der Waals surface area contributed by atoms with E-state index in [0.717, 1.165) is 0 Å². The summed E-state index contributed by atoms with van der Waals surface area (Å²) in [5.74, 6) is -0.485. The summed E-state index contributed by atoms with van der Waals surface area (Å²) in [6, 6.07) is 2.19. The molecule has 2 atom stereocenters. The van der Waals surface area contributed by atoms with E-state index in [1.807, 2.05) is 0 Å². The molecule has 0 aromatic heterocycles. The third-order valence-corrected chi connectivity index (χ3v) is 4.22. The molecule has 2 rings (SSSR count). The maximum atomic E-state index is 11.9. The first-order valence-corrected chi connectivity index (χ1v) is 8.20. The first-order chi connectivity index (χ1) is 12.9. The molecule has 0 fully saturated rings. The molecule has 0 unspecified atom stereocenters. The molecule has 0 saturated heterocycles. The fourth-order valence-electron chi connectivity index (χ4n) is 2.89. The van der Waals surface area contributed by atoms with Crippen LogP contribution in [-0.2, 0) is 9.59 Å². The van der Waals surface area contributed by atoms with E-state index in [-0.39, 0.29) is 12.3 Å². The van der Waals surface area contributed by atoms with Crippen molar-refractivity contribution in [1.82, 2.24) is 5.01 Å². The van der Waals surface area contributed by atoms with E-state index < -0.39 is 24.8 Å². The fraction of sp³-hybridized carbons (Fsp3) is 0.471. The minimum absolute atomic E-state index is 0.266. The second-order valence-corrected chi connectivity index (χ2v) is 5.90. The van der Waals surface area contributed by atoms with Gasteiger partial charge < -0.3 is 34.5 Å². The van der Waals surface area contributed by atoms with Crippen LogP contribution in [0.15, 0.2) is 17.2 Å². The first kappa shape index (κ1) is 20.5. The number of aliphatic carboxylic acids is 1. The van der Waals surface area contributed by atoms with Crippen LogP contribution in [0.5, 0.6) is 17.2 Å². The zero-order valence-electron chi connectivity index (χ0n) is 15.6. The molecule has 1 aromatic rings. The summed E-state index contributed by atoms with van der Waals surface area (Å²) in [6.07, 6.45) is -0.353. The Bertz CT molecular complexity index is 725. The molecule has 3 N–H and O–H groups in total. The molecule has 27 heavy (non-hydrogen) atoms. The molecule has 1 aliphatic rings. The highest BCUT2D eigenvalue weighted by molar-refractivity contribution is 6.03. The molecule has 0 aliphatic carbocycles. The number of methoxy groups -OCH3 is 3. The Kier molecular flexibility index (Phi) is 6.59. The lowest BCUT2D eigenvalue weighted by Gasteiger charge is -2.23. The number of carboxylic acids is 1. The van der Waals surface area contributed by atoms with Crippen LogP contribution >= 0.6 is 0 Å². The molecule has 1 aromatic carbocycles. The van der Waals surface area contributed by atoms with Gasteiger partial charge in [0.2, 0.25) is 11.7 Å². The quantitative estimate of drug-likeness (QED) is 0.515. The van der Waals surface area contributed by atoms with E-state index in [9.17, 15) is 19.8 Å². The predicted octanol–water partition coefficient (Wildman–Crippen LogP) is -2.33. The minimum Gasteiger partial charge on any atom is -0.544 e. The summed E-state index contributed by atoms with van der Waals surface area (Å²) in [7, 11) is 4.47. The smallest absolute Gasteiger partial charge is 0.244 e. The molecular formula is C17H23N3O7. The topological polar surface area (TPSA) is 137 Å². The van der Waals surface area contributed by atoms with Gasteiger partial charge in [0.05, 0.1) is 33.5 Å². The summed E-state index contributed by atoms with van der Waals surface area (Å²) in [6.45, 7) is 0.708. The zero-order valence-corrected chi connectivity index (χ0v) is 15.6. The monoisotopic (exact) mass is 381 g/mol. The zero-order chi connectivity index (χ0) is 20.1. The Morgan fingerprint density at radius 2 is 1.89 bits per heavy atom. The van der Waals surface area contributed by atoms with E-state index in [1.54, 1.807) is 12.1 Å². The van der Waals surface area contributed by atoms with Crippen molar-refractivity contribution in [3.63, 3.8) is 0 Å². The van der Waals surface area contributed by atoms with Crippen molar-refractivity contribution in [2.75, 3.05) is 27.9 Å². The number of nitrogens with two attached hydrogens (primary N) is 1. The second kappa shape index (κ2) is 8.69. The van der Waals surface area contributed by atoms with Crippen molar-refractivity contribution in [3.8, 4) is 17.2 Å². The number of hydrogen-bond donors (Lipinski definition) is 2. The number of hydrazone groups is 1. The van der Waals surface area contributed by atoms with E-state index in [0.29, 0.717) is 28.5 Å². The number of nitrogens with zero attached hydrogens (tertiary/aromatic N) is 2. The van der Waals surface area contributed by atoms with Gasteiger partial charge in [0.25, 0.3) is 0 Å². The summed E-state index contributed by atoms with van der Waals surface area (Å²) in [5.41, 5.74) is 1.18. The van der Waals surface area contributed by atoms with Gasteiger partial charge in [0.1, 0.15) is 12.6 Å². The standard InChI is InChI=1S/C17H23N3O7/c1-9(22)20-15(18-12(8-21)17(23)24)7-11(19-20)10-5-13(25-2)16(27-4)14(6-10)26-3/h5-6,12,15,18,21H,7-8H2,1-4H3,(H,23,24)/t12-,15+/m1/s1. The Balaban J connectivity index is 2.37. The maximum Gasteiger partial charge on any atom is 0.244 e. The van der Waals surface area contributed by atoms with E-state index in [1.165, 1.54) is 38.6 Å². The van der Waals surface area contributed by atoms with Crippen molar-refractivity contribution in [2.45, 2.75) is 25.6 Å². The Morgan fingerprint density at radius 1 is 1.30 bits per heavy atom. The molecule has 1 amide bonds. The van der Waals surface area contributed by atoms with Crippen LogP contribution in [0.3, 0.4) is 0 Å². The van der Waals surface area contributed by atoms with Gasteiger partial charge in [-0.25, -0.2) is 0 Å². The normalized spacial score (nSPS) is 17.3. The number of aliphatic hydroxyl groups excluding tert-OH is 1. The SMILES string of the molecule is COc1cc(C2=NN(C(C)=O)[C@H]([NH2+][C@H](CO)C(=O)[O-])C2)cc(OC)c1OC. The number of ether oxygens (including phenoxy) is 3. The lowest BCUT2D eigenvalue weighted by Crippen LogP contribution is -3.00. The van der Waals surface area contributed by atoms with Crippen molar-refractivity contribution < 1.29 is 39.3 Å². The van der Waals surface area contributed by atoms with Gasteiger partial charge in [0, 0.05) is 12.5 Å². The number of amides is 1. The van der Waals surface area contributed by atoms with Crippen LogP contribution in [0.4, 0.5) is 0 Å². The summed E-state index contributed by atoms with van der Waals surface area (Å²) in [5, 5.41) is 27.2. The summed E-state index contributed by atoms with van der Waals surface area (Å²) >= 11 is 0. The van der Waals surface area contributed by atoms with Crippen molar-refractivity contribution in [1.29, 1.82) is 0 Å². The molecular weight excluding hydrogens is 358 g/mol. The number of quaternary nitrogens is 1. The molecule has 1 aliphatic heterocycles. The van der Waals surface area contributed by atoms with Crippen molar-refractivity contribution in [3.05, 3.63) is 17.7 Å². The van der Waals surface area contributed by atoms with Gasteiger partial charge >= 0.3 is 0 Å². The minimum atomic E-state index is -1.41. The van der Waals surface area contributed by atoms with Crippen LogP contribution in [0.2, 0.25) is 0 Å². The van der Waals surface area contributed by atoms with Gasteiger partial charge in [0.15, 0.2) is 23.7 Å².